The molecule has 3 nitrogen and oxygen atoms in total. The number of ether oxygens (including phenoxy) is 1. The fourth-order valence-electron chi connectivity index (χ4n) is 5.28. The van der Waals surface area contributed by atoms with E-state index in [1.165, 1.54) is 77.0 Å². The number of hydrogen-bond acceptors (Lipinski definition) is 3. The molecule has 3 aliphatic carbocycles. The number of hydrogen-bond donors (Lipinski definition) is 1. The van der Waals surface area contributed by atoms with E-state index in [4.69, 9.17) is 4.74 Å². The van der Waals surface area contributed by atoms with E-state index in [9.17, 15) is 5.11 Å². The van der Waals surface area contributed by atoms with Crippen molar-refractivity contribution in [3.05, 3.63) is 0 Å². The summed E-state index contributed by atoms with van der Waals surface area (Å²) in [6.45, 7) is 2.23. The van der Waals surface area contributed by atoms with Crippen molar-refractivity contribution in [2.24, 2.45) is 0 Å². The van der Waals surface area contributed by atoms with E-state index in [1.807, 2.05) is 0 Å². The van der Waals surface area contributed by atoms with E-state index in [0.717, 1.165) is 19.3 Å². The van der Waals surface area contributed by atoms with Gasteiger partial charge >= 0.3 is 0 Å². The summed E-state index contributed by atoms with van der Waals surface area (Å²) in [7, 11) is 0. The topological polar surface area (TPSA) is 32.7 Å². The van der Waals surface area contributed by atoms with Crippen LogP contribution in [-0.2, 0) is 4.74 Å². The molecule has 3 saturated carbocycles. The summed E-state index contributed by atoms with van der Waals surface area (Å²) in [5.41, 5.74) is -0.0546. The molecule has 0 spiro atoms. The molecule has 1 N–H and O–H groups in total. The molecular weight excluding hydrogens is 286 g/mol. The van der Waals surface area contributed by atoms with Crippen LogP contribution in [0.2, 0.25) is 0 Å². The summed E-state index contributed by atoms with van der Waals surface area (Å²) < 4.78 is 6.40. The first-order valence-electron chi connectivity index (χ1n) is 10.4. The van der Waals surface area contributed by atoms with Gasteiger partial charge in [-0.05, 0) is 44.9 Å². The molecule has 0 amide bonds. The summed E-state index contributed by atoms with van der Waals surface area (Å²) in [6.07, 6.45) is 18.1. The van der Waals surface area contributed by atoms with Crippen molar-refractivity contribution in [1.82, 2.24) is 4.90 Å². The maximum Gasteiger partial charge on any atom is 0.217 e. The Bertz CT molecular complexity index is 324. The number of aliphatic hydroxyl groups excluding tert-OH is 1. The minimum Gasteiger partial charge on any atom is -0.356 e. The van der Waals surface area contributed by atoms with Crippen molar-refractivity contribution in [2.75, 3.05) is 0 Å². The molecule has 23 heavy (non-hydrogen) atoms. The molecule has 3 heteroatoms. The Kier molecular flexibility index (Phi) is 6.39. The second-order valence-electron chi connectivity index (χ2n) is 8.22. The summed E-state index contributed by atoms with van der Waals surface area (Å²) in [6, 6.07) is 1.08. The monoisotopic (exact) mass is 323 g/mol. The molecule has 1 unspecified atom stereocenters. The SMILES string of the molecule is CCC1(OC(O)N(C2CCCCC2)C2CCCCC2)CCCC1. The molecule has 0 aliphatic heterocycles. The van der Waals surface area contributed by atoms with Gasteiger partial charge in [-0.3, -0.25) is 0 Å². The molecule has 0 aromatic heterocycles. The molecule has 3 rings (SSSR count). The first-order chi connectivity index (χ1) is 11.2. The van der Waals surface area contributed by atoms with Gasteiger partial charge in [0, 0.05) is 12.1 Å². The van der Waals surface area contributed by atoms with Gasteiger partial charge in [-0.2, -0.15) is 0 Å². The van der Waals surface area contributed by atoms with Crippen LogP contribution in [0.3, 0.4) is 0 Å². The van der Waals surface area contributed by atoms with E-state index in [2.05, 4.69) is 11.8 Å². The summed E-state index contributed by atoms with van der Waals surface area (Å²) >= 11 is 0. The normalized spacial score (nSPS) is 28.3. The van der Waals surface area contributed by atoms with Crippen LogP contribution in [0.5, 0.6) is 0 Å². The molecule has 0 saturated heterocycles. The minimum atomic E-state index is -0.681. The van der Waals surface area contributed by atoms with Crippen molar-refractivity contribution >= 4 is 0 Å². The predicted molar refractivity (Wildman–Crippen MR) is 94.2 cm³/mol. The van der Waals surface area contributed by atoms with Gasteiger partial charge in [-0.1, -0.05) is 58.3 Å². The van der Waals surface area contributed by atoms with Gasteiger partial charge < -0.3 is 9.84 Å². The summed E-state index contributed by atoms with van der Waals surface area (Å²) in [4.78, 5) is 2.41. The van der Waals surface area contributed by atoms with Crippen LogP contribution in [0, 0.1) is 0 Å². The molecular formula is C20H37NO2. The molecule has 0 radical (unpaired) electrons. The fourth-order valence-corrected chi connectivity index (χ4v) is 5.28. The van der Waals surface area contributed by atoms with Crippen molar-refractivity contribution in [3.63, 3.8) is 0 Å². The molecule has 0 aromatic rings. The average molecular weight is 324 g/mol. The summed E-state index contributed by atoms with van der Waals surface area (Å²) in [5.74, 6) is 0. The van der Waals surface area contributed by atoms with Crippen LogP contribution in [-0.4, -0.2) is 34.1 Å². The lowest BCUT2D eigenvalue weighted by atomic mass is 9.89. The Hall–Kier alpha value is -0.120. The molecule has 0 heterocycles. The second-order valence-corrected chi connectivity index (χ2v) is 8.22. The van der Waals surface area contributed by atoms with E-state index in [-0.39, 0.29) is 5.60 Å². The number of aliphatic hydroxyl groups is 1. The van der Waals surface area contributed by atoms with Gasteiger partial charge in [0.25, 0.3) is 0 Å². The van der Waals surface area contributed by atoms with Gasteiger partial charge in [-0.15, -0.1) is 0 Å². The van der Waals surface area contributed by atoms with E-state index < -0.39 is 6.41 Å². The van der Waals surface area contributed by atoms with Crippen molar-refractivity contribution in [1.29, 1.82) is 0 Å². The lowest BCUT2D eigenvalue weighted by Crippen LogP contribution is -2.54. The van der Waals surface area contributed by atoms with Crippen molar-refractivity contribution in [2.45, 2.75) is 127 Å². The predicted octanol–water partition coefficient (Wildman–Crippen LogP) is 4.97. The molecule has 134 valence electrons. The molecule has 0 aromatic carbocycles. The van der Waals surface area contributed by atoms with Crippen LogP contribution in [0.4, 0.5) is 0 Å². The minimum absolute atomic E-state index is 0.0546. The smallest absolute Gasteiger partial charge is 0.217 e. The van der Waals surface area contributed by atoms with Gasteiger partial charge in [0.1, 0.15) is 0 Å². The highest BCUT2D eigenvalue weighted by Gasteiger charge is 2.40. The van der Waals surface area contributed by atoms with Crippen LogP contribution in [0.1, 0.15) is 103 Å². The molecule has 3 aliphatic rings. The zero-order chi connectivity index (χ0) is 16.1. The highest BCUT2D eigenvalue weighted by Crippen LogP contribution is 2.39. The Morgan fingerprint density at radius 3 is 1.78 bits per heavy atom. The highest BCUT2D eigenvalue weighted by molar-refractivity contribution is 4.88. The zero-order valence-electron chi connectivity index (χ0n) is 15.1. The fraction of sp³-hybridized carbons (Fsp3) is 1.00. The van der Waals surface area contributed by atoms with E-state index >= 15 is 0 Å². The zero-order valence-corrected chi connectivity index (χ0v) is 15.1. The standard InChI is InChI=1S/C20H37NO2/c1-2-20(15-9-10-16-20)23-19(22)21(17-11-5-3-6-12-17)18-13-7-4-8-14-18/h17-19,22H,2-16H2,1H3. The maximum absolute atomic E-state index is 11.1. The number of nitrogens with zero attached hydrogens (tertiary/aromatic N) is 1. The van der Waals surface area contributed by atoms with Crippen molar-refractivity contribution < 1.29 is 9.84 Å². The van der Waals surface area contributed by atoms with Crippen LogP contribution in [0.15, 0.2) is 0 Å². The van der Waals surface area contributed by atoms with Gasteiger partial charge in [0.15, 0.2) is 0 Å². The second kappa shape index (κ2) is 8.31. The van der Waals surface area contributed by atoms with Gasteiger partial charge in [-0.25, -0.2) is 4.90 Å². The third-order valence-electron chi connectivity index (χ3n) is 6.76. The average Bonchev–Trinajstić information content (AvgIpc) is 3.06. The Morgan fingerprint density at radius 2 is 1.35 bits per heavy atom. The largest absolute Gasteiger partial charge is 0.356 e. The number of rotatable bonds is 6. The maximum atomic E-state index is 11.1. The molecule has 3 fully saturated rings. The lowest BCUT2D eigenvalue weighted by molar-refractivity contribution is -0.273. The third kappa shape index (κ3) is 4.29. The molecule has 0 bridgehead atoms. The van der Waals surface area contributed by atoms with Crippen LogP contribution in [0.25, 0.3) is 0 Å². The first-order valence-corrected chi connectivity index (χ1v) is 10.4. The van der Waals surface area contributed by atoms with Crippen LogP contribution >= 0.6 is 0 Å². The van der Waals surface area contributed by atoms with E-state index in [0.29, 0.717) is 12.1 Å². The third-order valence-corrected chi connectivity index (χ3v) is 6.76. The Balaban J connectivity index is 1.70. The Morgan fingerprint density at radius 1 is 0.870 bits per heavy atom. The summed E-state index contributed by atoms with van der Waals surface area (Å²) in [5, 5.41) is 11.1. The van der Waals surface area contributed by atoms with Gasteiger partial charge in [0.2, 0.25) is 6.41 Å². The first kappa shape index (κ1) is 17.7. The molecule has 1 atom stereocenters. The van der Waals surface area contributed by atoms with Crippen molar-refractivity contribution in [3.8, 4) is 0 Å². The highest BCUT2D eigenvalue weighted by atomic mass is 16.6. The van der Waals surface area contributed by atoms with Gasteiger partial charge in [0.05, 0.1) is 5.60 Å². The van der Waals surface area contributed by atoms with E-state index in [1.54, 1.807) is 0 Å². The Labute approximate surface area is 142 Å². The van der Waals surface area contributed by atoms with Crippen LogP contribution < -0.4 is 0 Å². The quantitative estimate of drug-likeness (QED) is 0.701. The lowest BCUT2D eigenvalue weighted by Gasteiger charge is -2.46.